The van der Waals surface area contributed by atoms with Gasteiger partial charge in [0.2, 0.25) is 0 Å². The van der Waals surface area contributed by atoms with Crippen LogP contribution < -0.4 is 24.8 Å². The van der Waals surface area contributed by atoms with E-state index < -0.39 is 0 Å². The van der Waals surface area contributed by atoms with Gasteiger partial charge in [-0.05, 0) is 12.6 Å². The molecular weight excluding hydrogens is 421 g/mol. The van der Waals surface area contributed by atoms with Crippen molar-refractivity contribution in [2.24, 2.45) is 0 Å². The van der Waals surface area contributed by atoms with E-state index >= 15 is 0 Å². The molecule has 23 heavy (non-hydrogen) atoms. The second-order valence-electron chi connectivity index (χ2n) is 5.39. The quantitative estimate of drug-likeness (QED) is 0.459. The van der Waals surface area contributed by atoms with Crippen molar-refractivity contribution in [1.82, 2.24) is 0 Å². The minimum Gasteiger partial charge on any atom is -1.00 e. The van der Waals surface area contributed by atoms with Crippen molar-refractivity contribution in [3.05, 3.63) is 65.5 Å². The van der Waals surface area contributed by atoms with Crippen LogP contribution in [-0.4, -0.2) is 12.3 Å². The van der Waals surface area contributed by atoms with Crippen molar-refractivity contribution < 1.29 is 51.0 Å². The molecule has 2 aromatic carbocycles. The third-order valence-corrected chi connectivity index (χ3v) is 6.58. The van der Waals surface area contributed by atoms with E-state index in [0.29, 0.717) is 7.92 Å². The number of hydrogen-bond donors (Lipinski definition) is 0. The molecule has 1 fully saturated rings. The molecule has 0 radical (unpaired) electrons. The van der Waals surface area contributed by atoms with Crippen molar-refractivity contribution in [1.29, 1.82) is 0 Å². The molecule has 4 heteroatoms. The van der Waals surface area contributed by atoms with Gasteiger partial charge < -0.3 is 24.8 Å². The fraction of sp³-hybridized carbons (Fsp3) is 0.316. The van der Waals surface area contributed by atoms with Crippen LogP contribution in [-0.2, 0) is 26.2 Å². The van der Waals surface area contributed by atoms with Crippen LogP contribution in [0.25, 0.3) is 10.8 Å². The Morgan fingerprint density at radius 2 is 1.96 bits per heavy atom. The van der Waals surface area contributed by atoms with E-state index in [9.17, 15) is 0 Å². The van der Waals surface area contributed by atoms with E-state index in [1.165, 1.54) is 35.9 Å². The minimum atomic E-state index is 0. The molecular formula is C19H21Cl2PZr. The standard InChI is InChI=1S/C10H14P.C9H7.2ClH.Zr/c1-2-3-7-11-8-9-5-4-6-10(9)11;1-2-5-9-7-3-6-8(9)4-1;;;/h5H,2-4,7-8H2,1H3;1-7H;2*1H;/q2*-1;;;+4/p-2. The Kier molecular flexibility index (Phi) is 11.8. The molecule has 4 rings (SSSR count). The fourth-order valence-corrected chi connectivity index (χ4v) is 5.30. The zero-order valence-electron chi connectivity index (χ0n) is 13.4. The van der Waals surface area contributed by atoms with Crippen LogP contribution in [0.5, 0.6) is 0 Å². The number of fused-ring (bicyclic) bond motifs is 2. The van der Waals surface area contributed by atoms with E-state index in [1.807, 2.05) is 0 Å². The van der Waals surface area contributed by atoms with Gasteiger partial charge in [0.15, 0.2) is 0 Å². The van der Waals surface area contributed by atoms with Crippen LogP contribution in [0.15, 0.2) is 59.4 Å². The molecule has 1 aliphatic carbocycles. The number of hydrogen-bond acceptors (Lipinski definition) is 0. The monoisotopic (exact) mass is 440 g/mol. The molecule has 1 atom stereocenters. The molecule has 120 valence electrons. The Hall–Kier alpha value is 0.203. The van der Waals surface area contributed by atoms with E-state index in [-0.39, 0.29) is 51.0 Å². The Morgan fingerprint density at radius 1 is 1.17 bits per heavy atom. The number of halogens is 2. The molecule has 2 aliphatic rings. The van der Waals surface area contributed by atoms with Crippen LogP contribution in [0.3, 0.4) is 0 Å². The summed E-state index contributed by atoms with van der Waals surface area (Å²) in [7, 11) is 0.293. The van der Waals surface area contributed by atoms with Gasteiger partial charge in [0, 0.05) is 0 Å². The summed E-state index contributed by atoms with van der Waals surface area (Å²) in [5.74, 6) is 0. The Balaban J connectivity index is 0.000000377. The van der Waals surface area contributed by atoms with Gasteiger partial charge in [0.05, 0.1) is 0 Å². The largest absolute Gasteiger partial charge is 4.00 e. The second kappa shape index (κ2) is 11.7. The predicted octanol–water partition coefficient (Wildman–Crippen LogP) is -0.137. The SMILES string of the molecule is CCCCP1CC2=CC[C-]=C21.[Cl-].[Cl-].[Zr+4].c1ccc2[cH-]ccc2c1. The van der Waals surface area contributed by atoms with E-state index in [0.717, 1.165) is 6.42 Å². The summed E-state index contributed by atoms with van der Waals surface area (Å²) in [6.07, 6.45) is 12.6. The molecule has 0 amide bonds. The molecule has 2 aromatic rings. The maximum absolute atomic E-state index is 3.47. The van der Waals surface area contributed by atoms with Crippen LogP contribution in [0.1, 0.15) is 26.2 Å². The summed E-state index contributed by atoms with van der Waals surface area (Å²) in [6, 6.07) is 14.7. The molecule has 0 nitrogen and oxygen atoms in total. The number of benzene rings is 1. The zero-order chi connectivity index (χ0) is 13.8. The Labute approximate surface area is 172 Å². The topological polar surface area (TPSA) is 0 Å². The van der Waals surface area contributed by atoms with Crippen LogP contribution in [0, 0.1) is 6.08 Å². The van der Waals surface area contributed by atoms with Gasteiger partial charge in [0.1, 0.15) is 0 Å². The molecule has 0 spiro atoms. The molecule has 1 unspecified atom stereocenters. The van der Waals surface area contributed by atoms with Crippen molar-refractivity contribution in [3.63, 3.8) is 0 Å². The van der Waals surface area contributed by atoms with E-state index in [4.69, 9.17) is 0 Å². The summed E-state index contributed by atoms with van der Waals surface area (Å²) in [5.41, 5.74) is 1.63. The average molecular weight is 442 g/mol. The van der Waals surface area contributed by atoms with Gasteiger partial charge in [-0.25, -0.2) is 0 Å². The average Bonchev–Trinajstić information content (AvgIpc) is 3.07. The van der Waals surface area contributed by atoms with E-state index in [1.54, 1.807) is 10.9 Å². The number of unbranched alkanes of at least 4 members (excludes halogenated alkanes) is 1. The fourth-order valence-electron chi connectivity index (χ4n) is 2.74. The molecule has 1 heterocycles. The molecule has 0 saturated carbocycles. The minimum absolute atomic E-state index is 0. The van der Waals surface area contributed by atoms with Gasteiger partial charge in [-0.2, -0.15) is 34.5 Å². The number of allylic oxidation sites excluding steroid dienone is 4. The van der Waals surface area contributed by atoms with Gasteiger partial charge in [-0.15, -0.1) is 44.0 Å². The van der Waals surface area contributed by atoms with Crippen molar-refractivity contribution >= 4 is 18.7 Å². The molecule has 0 bridgehead atoms. The summed E-state index contributed by atoms with van der Waals surface area (Å²) >= 11 is 0. The van der Waals surface area contributed by atoms with E-state index in [2.05, 4.69) is 61.5 Å². The van der Waals surface area contributed by atoms with Crippen molar-refractivity contribution in [3.8, 4) is 0 Å². The van der Waals surface area contributed by atoms with Gasteiger partial charge in [-0.1, -0.05) is 25.6 Å². The van der Waals surface area contributed by atoms with Gasteiger partial charge >= 0.3 is 26.2 Å². The van der Waals surface area contributed by atoms with Crippen molar-refractivity contribution in [2.75, 3.05) is 12.3 Å². The maximum atomic E-state index is 3.47. The predicted molar refractivity (Wildman–Crippen MR) is 90.6 cm³/mol. The smallest absolute Gasteiger partial charge is 1.00 e. The third kappa shape index (κ3) is 5.90. The molecule has 1 aliphatic heterocycles. The third-order valence-electron chi connectivity index (χ3n) is 3.93. The normalized spacial score (nSPS) is 17.0. The van der Waals surface area contributed by atoms with Crippen LogP contribution in [0.4, 0.5) is 0 Å². The summed E-state index contributed by atoms with van der Waals surface area (Å²) < 4.78 is 0. The maximum Gasteiger partial charge on any atom is 4.00 e. The molecule has 1 saturated heterocycles. The first-order valence-corrected chi connectivity index (χ1v) is 9.25. The first kappa shape index (κ1) is 23.2. The molecule has 0 N–H and O–H groups in total. The van der Waals surface area contributed by atoms with Crippen molar-refractivity contribution in [2.45, 2.75) is 26.2 Å². The summed E-state index contributed by atoms with van der Waals surface area (Å²) in [5, 5.41) is 4.29. The first-order valence-electron chi connectivity index (χ1n) is 7.54. The summed E-state index contributed by atoms with van der Waals surface area (Å²) in [6.45, 7) is 2.28. The Morgan fingerprint density at radius 3 is 2.65 bits per heavy atom. The second-order valence-corrected chi connectivity index (χ2v) is 7.68. The first-order chi connectivity index (χ1) is 9.88. The molecule has 0 aromatic heterocycles. The number of rotatable bonds is 3. The summed E-state index contributed by atoms with van der Waals surface area (Å²) in [4.78, 5) is 0. The van der Waals surface area contributed by atoms with Gasteiger partial charge in [-0.3, -0.25) is 6.08 Å². The zero-order valence-corrected chi connectivity index (χ0v) is 18.2. The Bertz CT molecular complexity index is 615. The van der Waals surface area contributed by atoms with Crippen LogP contribution >= 0.6 is 7.92 Å². The van der Waals surface area contributed by atoms with Gasteiger partial charge in [0.25, 0.3) is 0 Å². The van der Waals surface area contributed by atoms with Crippen LogP contribution in [0.2, 0.25) is 0 Å².